The number of aromatic amines is 1. The molecule has 0 radical (unpaired) electrons. The molecule has 1 unspecified atom stereocenters. The number of nitrogens with one attached hydrogen (secondary N) is 2. The molecule has 0 fully saturated rings. The summed E-state index contributed by atoms with van der Waals surface area (Å²) in [6.07, 6.45) is 2.88. The van der Waals surface area contributed by atoms with Crippen LogP contribution in [-0.2, 0) is 14.8 Å². The van der Waals surface area contributed by atoms with Gasteiger partial charge >= 0.3 is 5.97 Å². The van der Waals surface area contributed by atoms with Crippen molar-refractivity contribution >= 4 is 38.6 Å². The van der Waals surface area contributed by atoms with E-state index in [2.05, 4.69) is 14.7 Å². The highest BCUT2D eigenvalue weighted by Gasteiger charge is 2.28. The standard InChI is InChI=1S/C13H16ClN3O4S/c1-7(2)5-9(13(18)19)17-22(20,21)10-6-16-12-11(10)8(14)3-4-15-12/h3-4,6-7,9,17H,5H2,1-2H3,(H,15,16)(H,18,19). The number of aromatic nitrogens is 2. The molecule has 0 aliphatic rings. The zero-order valence-electron chi connectivity index (χ0n) is 12.0. The molecule has 0 saturated heterocycles. The van der Waals surface area contributed by atoms with E-state index in [1.54, 1.807) is 0 Å². The summed E-state index contributed by atoms with van der Waals surface area (Å²) in [5.74, 6) is -1.20. The van der Waals surface area contributed by atoms with Crippen molar-refractivity contribution in [2.24, 2.45) is 5.92 Å². The van der Waals surface area contributed by atoms with Crippen molar-refractivity contribution < 1.29 is 18.3 Å². The highest BCUT2D eigenvalue weighted by molar-refractivity contribution is 7.89. The van der Waals surface area contributed by atoms with Gasteiger partial charge in [-0.25, -0.2) is 13.4 Å². The van der Waals surface area contributed by atoms with Gasteiger partial charge in [-0.05, 0) is 18.4 Å². The smallest absolute Gasteiger partial charge is 0.321 e. The third-order valence-corrected chi connectivity index (χ3v) is 4.89. The van der Waals surface area contributed by atoms with E-state index in [0.717, 1.165) is 0 Å². The summed E-state index contributed by atoms with van der Waals surface area (Å²) < 4.78 is 27.2. The van der Waals surface area contributed by atoms with Crippen molar-refractivity contribution in [3.8, 4) is 0 Å². The fourth-order valence-corrected chi connectivity index (χ4v) is 3.81. The monoisotopic (exact) mass is 345 g/mol. The minimum Gasteiger partial charge on any atom is -0.480 e. The first kappa shape index (κ1) is 16.7. The number of hydrogen-bond donors (Lipinski definition) is 3. The topological polar surface area (TPSA) is 112 Å². The van der Waals surface area contributed by atoms with E-state index in [4.69, 9.17) is 11.6 Å². The number of carbonyl (C=O) groups is 1. The Bertz CT molecular complexity index is 801. The SMILES string of the molecule is CC(C)CC(NS(=O)(=O)c1c[nH]c2nccc(Cl)c12)C(=O)O. The second-order valence-corrected chi connectivity index (χ2v) is 7.40. The second-order valence-electron chi connectivity index (χ2n) is 5.31. The summed E-state index contributed by atoms with van der Waals surface area (Å²) in [6, 6.07) is 0.268. The Morgan fingerprint density at radius 2 is 2.18 bits per heavy atom. The highest BCUT2D eigenvalue weighted by atomic mass is 35.5. The molecule has 2 heterocycles. The van der Waals surface area contributed by atoms with Crippen LogP contribution in [0.25, 0.3) is 11.0 Å². The van der Waals surface area contributed by atoms with Crippen LogP contribution in [0, 0.1) is 5.92 Å². The zero-order chi connectivity index (χ0) is 16.5. The molecule has 22 heavy (non-hydrogen) atoms. The van der Waals surface area contributed by atoms with E-state index < -0.39 is 22.0 Å². The third-order valence-electron chi connectivity index (χ3n) is 3.08. The van der Waals surface area contributed by atoms with Crippen LogP contribution in [0.15, 0.2) is 23.4 Å². The largest absolute Gasteiger partial charge is 0.480 e. The van der Waals surface area contributed by atoms with Crippen LogP contribution in [0.3, 0.4) is 0 Å². The van der Waals surface area contributed by atoms with Crippen LogP contribution in [0.4, 0.5) is 0 Å². The van der Waals surface area contributed by atoms with Crippen LogP contribution in [-0.4, -0.2) is 35.5 Å². The van der Waals surface area contributed by atoms with Crippen LogP contribution in [0.1, 0.15) is 20.3 Å². The van der Waals surface area contributed by atoms with E-state index >= 15 is 0 Å². The number of sulfonamides is 1. The number of H-pyrrole nitrogens is 1. The van der Waals surface area contributed by atoms with E-state index in [1.165, 1.54) is 18.5 Å². The molecule has 2 rings (SSSR count). The maximum atomic E-state index is 12.5. The van der Waals surface area contributed by atoms with Crippen LogP contribution < -0.4 is 4.72 Å². The molecule has 0 spiro atoms. The lowest BCUT2D eigenvalue weighted by atomic mass is 10.1. The predicted octanol–water partition coefficient (Wildman–Crippen LogP) is 1.99. The summed E-state index contributed by atoms with van der Waals surface area (Å²) >= 11 is 6.02. The number of fused-ring (bicyclic) bond motifs is 1. The molecule has 0 aromatic carbocycles. The van der Waals surface area contributed by atoms with Crippen LogP contribution in [0.2, 0.25) is 5.02 Å². The van der Waals surface area contributed by atoms with Gasteiger partial charge in [0.2, 0.25) is 10.0 Å². The van der Waals surface area contributed by atoms with Gasteiger partial charge in [-0.1, -0.05) is 25.4 Å². The molecule has 0 saturated carbocycles. The van der Waals surface area contributed by atoms with Crippen molar-refractivity contribution in [2.75, 3.05) is 0 Å². The molecule has 0 amide bonds. The molecule has 0 aliphatic carbocycles. The Hall–Kier alpha value is -1.64. The predicted molar refractivity (Wildman–Crippen MR) is 82.3 cm³/mol. The minimum atomic E-state index is -4.04. The van der Waals surface area contributed by atoms with Gasteiger partial charge < -0.3 is 10.1 Å². The molecule has 0 bridgehead atoms. The molecule has 120 valence electrons. The summed E-state index contributed by atoms with van der Waals surface area (Å²) in [5.41, 5.74) is 0.323. The lowest BCUT2D eigenvalue weighted by Crippen LogP contribution is -2.41. The Morgan fingerprint density at radius 3 is 2.77 bits per heavy atom. The Morgan fingerprint density at radius 1 is 1.50 bits per heavy atom. The van der Waals surface area contributed by atoms with Gasteiger partial charge in [-0.15, -0.1) is 0 Å². The third kappa shape index (κ3) is 3.40. The maximum Gasteiger partial charge on any atom is 0.321 e. The highest BCUT2D eigenvalue weighted by Crippen LogP contribution is 2.28. The summed E-state index contributed by atoms with van der Waals surface area (Å²) in [4.78, 5) is 17.8. The van der Waals surface area contributed by atoms with Crippen molar-refractivity contribution in [1.29, 1.82) is 0 Å². The first-order chi connectivity index (χ1) is 10.2. The molecular formula is C13H16ClN3O4S. The molecular weight excluding hydrogens is 330 g/mol. The summed E-state index contributed by atoms with van der Waals surface area (Å²) in [5, 5.41) is 9.64. The Labute approximate surface area is 132 Å². The van der Waals surface area contributed by atoms with Gasteiger partial charge in [-0.2, -0.15) is 4.72 Å². The first-order valence-electron chi connectivity index (χ1n) is 6.59. The number of hydrogen-bond acceptors (Lipinski definition) is 4. The van der Waals surface area contributed by atoms with Gasteiger partial charge in [0.05, 0.1) is 10.4 Å². The number of pyridine rings is 1. The second kappa shape index (κ2) is 6.23. The molecule has 1 atom stereocenters. The number of halogens is 1. The fraction of sp³-hybridized carbons (Fsp3) is 0.385. The van der Waals surface area contributed by atoms with Gasteiger partial charge in [0.25, 0.3) is 0 Å². The quantitative estimate of drug-likeness (QED) is 0.741. The van der Waals surface area contributed by atoms with Crippen molar-refractivity contribution in [3.63, 3.8) is 0 Å². The van der Waals surface area contributed by atoms with E-state index in [1.807, 2.05) is 13.8 Å². The average molecular weight is 346 g/mol. The summed E-state index contributed by atoms with van der Waals surface area (Å²) in [6.45, 7) is 3.63. The molecule has 9 heteroatoms. The van der Waals surface area contributed by atoms with Gasteiger partial charge in [-0.3, -0.25) is 4.79 Å². The maximum absolute atomic E-state index is 12.5. The van der Waals surface area contributed by atoms with Crippen molar-refractivity contribution in [2.45, 2.75) is 31.2 Å². The average Bonchev–Trinajstić information content (AvgIpc) is 2.83. The van der Waals surface area contributed by atoms with E-state index in [0.29, 0.717) is 5.65 Å². The lowest BCUT2D eigenvalue weighted by molar-refractivity contribution is -0.139. The number of rotatable bonds is 6. The fourth-order valence-electron chi connectivity index (χ4n) is 2.12. The number of nitrogens with zero attached hydrogens (tertiary/aromatic N) is 1. The Balaban J connectivity index is 2.42. The number of aliphatic carboxylic acids is 1. The number of carboxylic acids is 1. The van der Waals surface area contributed by atoms with Gasteiger partial charge in [0, 0.05) is 12.4 Å². The minimum absolute atomic E-state index is 0.0250. The molecule has 2 aromatic rings. The molecule has 3 N–H and O–H groups in total. The van der Waals surface area contributed by atoms with Crippen LogP contribution >= 0.6 is 11.6 Å². The molecule has 2 aromatic heterocycles. The van der Waals surface area contributed by atoms with Crippen molar-refractivity contribution in [1.82, 2.24) is 14.7 Å². The molecule has 0 aliphatic heterocycles. The molecule has 7 nitrogen and oxygen atoms in total. The number of carboxylic acid groups (broad SMARTS) is 1. The lowest BCUT2D eigenvalue weighted by Gasteiger charge is -2.16. The van der Waals surface area contributed by atoms with Gasteiger partial charge in [0.15, 0.2) is 0 Å². The first-order valence-corrected chi connectivity index (χ1v) is 8.45. The van der Waals surface area contributed by atoms with E-state index in [9.17, 15) is 18.3 Å². The van der Waals surface area contributed by atoms with Crippen molar-refractivity contribution in [3.05, 3.63) is 23.5 Å². The zero-order valence-corrected chi connectivity index (χ0v) is 13.6. The normalized spacial score (nSPS) is 13.6. The Kier molecular flexibility index (Phi) is 4.74. The van der Waals surface area contributed by atoms with Crippen LogP contribution in [0.5, 0.6) is 0 Å². The van der Waals surface area contributed by atoms with E-state index in [-0.39, 0.29) is 27.6 Å². The van der Waals surface area contributed by atoms with Gasteiger partial charge in [0.1, 0.15) is 16.6 Å². The summed E-state index contributed by atoms with van der Waals surface area (Å²) in [7, 11) is -4.04.